The van der Waals surface area contributed by atoms with Crippen LogP contribution in [-0.2, 0) is 33.2 Å². The lowest BCUT2D eigenvalue weighted by Gasteiger charge is -2.47. The fourth-order valence-corrected chi connectivity index (χ4v) is 6.34. The van der Waals surface area contributed by atoms with Crippen LogP contribution in [0.15, 0.2) is 35.7 Å². The summed E-state index contributed by atoms with van der Waals surface area (Å²) < 4.78 is 92.9. The van der Waals surface area contributed by atoms with Crippen LogP contribution in [0.5, 0.6) is 0 Å². The summed E-state index contributed by atoms with van der Waals surface area (Å²) in [5, 5.41) is 5.99. The van der Waals surface area contributed by atoms with Crippen LogP contribution >= 0.6 is 0 Å². The van der Waals surface area contributed by atoms with E-state index in [0.29, 0.717) is 45.1 Å². The number of alkyl halides is 6. The highest BCUT2D eigenvalue weighted by atomic mass is 19.4. The predicted octanol–water partition coefficient (Wildman–Crippen LogP) is 7.04. The molecule has 10 nitrogen and oxygen atoms in total. The molecule has 4 rings (SSSR count). The molecule has 1 fully saturated rings. The van der Waals surface area contributed by atoms with Gasteiger partial charge in [-0.25, -0.2) is 14.8 Å². The average Bonchev–Trinajstić information content (AvgIpc) is 3.51. The molecule has 1 aromatic carbocycles. The summed E-state index contributed by atoms with van der Waals surface area (Å²) in [6.07, 6.45) is -2.67. The van der Waals surface area contributed by atoms with Gasteiger partial charge in [-0.05, 0) is 67.9 Å². The van der Waals surface area contributed by atoms with Gasteiger partial charge in [-0.15, -0.1) is 0 Å². The Labute approximate surface area is 281 Å². The number of hydrogen-bond acceptors (Lipinski definition) is 9. The van der Waals surface area contributed by atoms with E-state index in [4.69, 9.17) is 4.74 Å². The Morgan fingerprint density at radius 2 is 1.53 bits per heavy atom. The number of likely N-dealkylation sites (tertiary alicyclic amines) is 1. The van der Waals surface area contributed by atoms with Gasteiger partial charge in [0.2, 0.25) is 5.95 Å². The van der Waals surface area contributed by atoms with Gasteiger partial charge < -0.3 is 19.3 Å². The number of hydrazone groups is 1. The summed E-state index contributed by atoms with van der Waals surface area (Å²) in [5.74, 6) is -0.281. The number of nitrogens with zero attached hydrogens (tertiary/aromatic N) is 6. The van der Waals surface area contributed by atoms with Gasteiger partial charge in [-0.3, -0.25) is 9.80 Å². The molecule has 0 N–H and O–H groups in total. The number of rotatable bonds is 12. The Balaban J connectivity index is 1.64. The second-order valence-corrected chi connectivity index (χ2v) is 12.4. The molecule has 4 atom stereocenters. The molecule has 0 bridgehead atoms. The highest BCUT2D eigenvalue weighted by Gasteiger charge is 2.41. The van der Waals surface area contributed by atoms with E-state index in [9.17, 15) is 35.9 Å². The maximum absolute atomic E-state index is 13.8. The first-order chi connectivity index (χ1) is 23.1. The molecule has 1 saturated heterocycles. The SMILES string of the molecule is CC[C@@H]1C[C@H](N(Cc2cc(C(F)(F)F)cc(C(F)(F)F)c2)c2ncc(C3C=NN(C)C3)cn2)C[C@H](CC)N1C(=O)OCCCCC(=O)OC. The van der Waals surface area contributed by atoms with Crippen LogP contribution in [0.2, 0.25) is 0 Å². The first-order valence-electron chi connectivity index (χ1n) is 16.3. The monoisotopic (exact) mass is 700 g/mol. The summed E-state index contributed by atoms with van der Waals surface area (Å²) >= 11 is 0. The largest absolute Gasteiger partial charge is 0.469 e. The normalized spacial score (nSPS) is 21.2. The van der Waals surface area contributed by atoms with E-state index in [1.165, 1.54) is 7.11 Å². The molecule has 16 heteroatoms. The number of anilines is 1. The first kappa shape index (κ1) is 37.7. The van der Waals surface area contributed by atoms with E-state index >= 15 is 0 Å². The lowest BCUT2D eigenvalue weighted by Crippen LogP contribution is -2.57. The van der Waals surface area contributed by atoms with Crippen molar-refractivity contribution >= 4 is 24.2 Å². The molecule has 3 heterocycles. The number of amides is 1. The van der Waals surface area contributed by atoms with Gasteiger partial charge in [0, 0.05) is 69.2 Å². The van der Waals surface area contributed by atoms with Crippen LogP contribution in [0.3, 0.4) is 0 Å². The van der Waals surface area contributed by atoms with E-state index in [1.54, 1.807) is 33.4 Å². The molecule has 1 aromatic heterocycles. The topological polar surface area (TPSA) is 100 Å². The third-order valence-electron chi connectivity index (χ3n) is 8.95. The number of ether oxygens (including phenoxy) is 2. The van der Waals surface area contributed by atoms with Crippen LogP contribution < -0.4 is 4.90 Å². The molecule has 2 aromatic rings. The minimum Gasteiger partial charge on any atom is -0.469 e. The van der Waals surface area contributed by atoms with Crippen molar-refractivity contribution in [2.45, 2.75) is 102 Å². The minimum absolute atomic E-state index is 0.0750. The van der Waals surface area contributed by atoms with Crippen molar-refractivity contribution in [3.63, 3.8) is 0 Å². The molecule has 2 aliphatic rings. The standard InChI is InChI=1S/C33H42F6N6O4/c1-5-26-14-28(15-27(6-2)45(26)31(47)49-10-8-7-9-29(46)48-4)44(30-40-16-22(17-41-30)23-18-42-43(3)20-23)19-21-11-24(32(34,35)36)13-25(12-21)33(37,38)39/h11-13,16-18,23,26-28H,5-10,14-15,19-20H2,1-4H3/t23?,26-,27+,28+. The molecule has 2 aliphatic heterocycles. The second-order valence-electron chi connectivity index (χ2n) is 12.4. The van der Waals surface area contributed by atoms with Gasteiger partial charge in [-0.1, -0.05) is 13.8 Å². The highest BCUT2D eigenvalue weighted by Crippen LogP contribution is 2.38. The Morgan fingerprint density at radius 3 is 2.02 bits per heavy atom. The van der Waals surface area contributed by atoms with E-state index in [0.717, 1.165) is 17.7 Å². The van der Waals surface area contributed by atoms with Crippen molar-refractivity contribution in [3.05, 3.63) is 52.8 Å². The van der Waals surface area contributed by atoms with Crippen molar-refractivity contribution in [2.75, 3.05) is 32.2 Å². The first-order valence-corrected chi connectivity index (χ1v) is 16.3. The molecule has 0 radical (unpaired) electrons. The van der Waals surface area contributed by atoms with Crippen LogP contribution in [0.25, 0.3) is 0 Å². The minimum atomic E-state index is -5.00. The number of methoxy groups -OCH3 is 1. The second kappa shape index (κ2) is 16.1. The molecule has 0 spiro atoms. The van der Waals surface area contributed by atoms with E-state index in [-0.39, 0.29) is 61.1 Å². The zero-order valence-electron chi connectivity index (χ0n) is 27.9. The smallest absolute Gasteiger partial charge is 0.416 e. The summed E-state index contributed by atoms with van der Waals surface area (Å²) in [4.78, 5) is 37.1. The summed E-state index contributed by atoms with van der Waals surface area (Å²) in [7, 11) is 3.12. The van der Waals surface area contributed by atoms with Crippen molar-refractivity contribution in [1.82, 2.24) is 19.9 Å². The van der Waals surface area contributed by atoms with Crippen molar-refractivity contribution < 1.29 is 45.4 Å². The Bertz CT molecular complexity index is 1410. The molecule has 1 unspecified atom stereocenters. The zero-order valence-corrected chi connectivity index (χ0v) is 27.9. The molecular formula is C33H42F6N6O4. The molecule has 49 heavy (non-hydrogen) atoms. The maximum atomic E-state index is 13.8. The summed E-state index contributed by atoms with van der Waals surface area (Å²) in [6.45, 7) is 4.17. The van der Waals surface area contributed by atoms with Crippen LogP contribution in [0.4, 0.5) is 37.1 Å². The molecule has 270 valence electrons. The molecule has 0 saturated carbocycles. The number of halogens is 6. The van der Waals surface area contributed by atoms with Gasteiger partial charge in [0.1, 0.15) is 0 Å². The number of carbonyl (C=O) groups is 2. The summed E-state index contributed by atoms with van der Waals surface area (Å²) in [6, 6.07) is 0.439. The van der Waals surface area contributed by atoms with E-state index < -0.39 is 35.6 Å². The van der Waals surface area contributed by atoms with Crippen molar-refractivity contribution in [2.24, 2.45) is 5.10 Å². The average molecular weight is 701 g/mol. The fraction of sp³-hybridized carbons (Fsp3) is 0.606. The Kier molecular flexibility index (Phi) is 12.4. The van der Waals surface area contributed by atoms with Crippen molar-refractivity contribution in [1.29, 1.82) is 0 Å². The van der Waals surface area contributed by atoms with Crippen molar-refractivity contribution in [3.8, 4) is 0 Å². The number of benzene rings is 1. The Hall–Kier alpha value is -4.11. The number of piperidine rings is 1. The number of aromatic nitrogens is 2. The van der Waals surface area contributed by atoms with Crippen LogP contribution in [-0.4, -0.2) is 83.6 Å². The third kappa shape index (κ3) is 9.75. The third-order valence-corrected chi connectivity index (χ3v) is 8.95. The highest BCUT2D eigenvalue weighted by molar-refractivity contribution is 5.70. The quantitative estimate of drug-likeness (QED) is 0.132. The fourth-order valence-electron chi connectivity index (χ4n) is 6.34. The molecular weight excluding hydrogens is 658 g/mol. The molecule has 1 amide bonds. The van der Waals surface area contributed by atoms with Gasteiger partial charge in [0.15, 0.2) is 0 Å². The lowest BCUT2D eigenvalue weighted by atomic mass is 9.87. The Morgan fingerprint density at radius 1 is 0.939 bits per heavy atom. The number of carbonyl (C=O) groups excluding carboxylic acids is 2. The number of esters is 1. The van der Waals surface area contributed by atoms with Gasteiger partial charge in [0.25, 0.3) is 0 Å². The van der Waals surface area contributed by atoms with Gasteiger partial charge in [0.05, 0.1) is 24.8 Å². The molecule has 0 aliphatic carbocycles. The number of unbranched alkanes of at least 4 members (excludes halogenated alkanes) is 1. The van der Waals surface area contributed by atoms with Gasteiger partial charge >= 0.3 is 24.4 Å². The zero-order chi connectivity index (χ0) is 35.9. The predicted molar refractivity (Wildman–Crippen MR) is 169 cm³/mol. The maximum Gasteiger partial charge on any atom is 0.416 e. The number of hydrogen-bond donors (Lipinski definition) is 0. The number of likely N-dealkylation sites (N-methyl/N-ethyl adjacent to an activating group) is 1. The lowest BCUT2D eigenvalue weighted by molar-refractivity contribution is -0.143. The van der Waals surface area contributed by atoms with Crippen LogP contribution in [0, 0.1) is 0 Å². The van der Waals surface area contributed by atoms with E-state index in [1.807, 2.05) is 20.9 Å². The van der Waals surface area contributed by atoms with Gasteiger partial charge in [-0.2, -0.15) is 31.4 Å². The summed E-state index contributed by atoms with van der Waals surface area (Å²) in [5.41, 5.74) is -2.24. The van der Waals surface area contributed by atoms with E-state index in [2.05, 4.69) is 19.8 Å². The van der Waals surface area contributed by atoms with Crippen LogP contribution in [0.1, 0.15) is 87.0 Å².